The molecule has 1 aliphatic rings. The summed E-state index contributed by atoms with van der Waals surface area (Å²) in [5.74, 6) is 0. The Morgan fingerprint density at radius 2 is 2.00 bits per heavy atom. The Labute approximate surface area is 131 Å². The molecule has 1 aromatic heterocycles. The van der Waals surface area contributed by atoms with Crippen LogP contribution in [0.25, 0.3) is 0 Å². The average Bonchev–Trinajstić information content (AvgIpc) is 2.96. The zero-order chi connectivity index (χ0) is 14.8. The average molecular weight is 299 g/mol. The summed E-state index contributed by atoms with van der Waals surface area (Å²) in [5.41, 5.74) is 3.89. The van der Waals surface area contributed by atoms with Gasteiger partial charge in [0.05, 0.1) is 6.04 Å². The lowest BCUT2D eigenvalue weighted by Gasteiger charge is -2.39. The van der Waals surface area contributed by atoms with Crippen molar-refractivity contribution in [1.82, 2.24) is 14.8 Å². The van der Waals surface area contributed by atoms with Gasteiger partial charge in [0.25, 0.3) is 0 Å². The van der Waals surface area contributed by atoms with Gasteiger partial charge in [-0.15, -0.1) is 0 Å². The first-order valence-electron chi connectivity index (χ1n) is 7.46. The lowest BCUT2D eigenvalue weighted by atomic mass is 9.99. The Morgan fingerprint density at radius 3 is 2.71 bits per heavy atom. The maximum Gasteiger partial charge on any atom is 0.169 e. The highest BCUT2D eigenvalue weighted by Crippen LogP contribution is 2.32. The minimum atomic E-state index is 0.195. The summed E-state index contributed by atoms with van der Waals surface area (Å²) in [5, 5.41) is 4.14. The van der Waals surface area contributed by atoms with Crippen LogP contribution >= 0.6 is 12.2 Å². The second kappa shape index (κ2) is 5.90. The minimum absolute atomic E-state index is 0.195. The van der Waals surface area contributed by atoms with E-state index in [1.54, 1.807) is 0 Å². The predicted molar refractivity (Wildman–Crippen MR) is 90.4 cm³/mol. The van der Waals surface area contributed by atoms with Crippen LogP contribution in [0.4, 0.5) is 0 Å². The third-order valence-electron chi connectivity index (χ3n) is 4.02. The fraction of sp³-hybridized carbons (Fsp3) is 0.353. The summed E-state index contributed by atoms with van der Waals surface area (Å²) >= 11 is 5.58. The van der Waals surface area contributed by atoms with Crippen molar-refractivity contribution >= 4 is 17.3 Å². The van der Waals surface area contributed by atoms with E-state index in [1.165, 1.54) is 16.8 Å². The van der Waals surface area contributed by atoms with Crippen LogP contribution in [-0.4, -0.2) is 27.7 Å². The molecule has 0 aliphatic carbocycles. The van der Waals surface area contributed by atoms with Gasteiger partial charge in [0.2, 0.25) is 0 Å². The molecule has 0 saturated carbocycles. The fourth-order valence-corrected chi connectivity index (χ4v) is 3.30. The number of thiocarbonyl (C=S) groups is 1. The molecule has 3 rings (SSSR count). The van der Waals surface area contributed by atoms with Crippen molar-refractivity contribution < 1.29 is 0 Å². The Balaban J connectivity index is 2.01. The number of aryl methyl sites for hydroxylation is 1. The highest BCUT2D eigenvalue weighted by atomic mass is 32.1. The number of hydrogen-bond acceptors (Lipinski definition) is 1. The maximum absolute atomic E-state index is 5.58. The van der Waals surface area contributed by atoms with Gasteiger partial charge in [-0.2, -0.15) is 0 Å². The fourth-order valence-electron chi connectivity index (χ4n) is 2.95. The highest BCUT2D eigenvalue weighted by molar-refractivity contribution is 7.80. The van der Waals surface area contributed by atoms with Gasteiger partial charge in [0.15, 0.2) is 5.11 Å². The Kier molecular flexibility index (Phi) is 3.97. The van der Waals surface area contributed by atoms with Gasteiger partial charge in [-0.1, -0.05) is 29.8 Å². The van der Waals surface area contributed by atoms with Crippen molar-refractivity contribution in [3.05, 3.63) is 59.4 Å². The molecule has 0 fully saturated rings. The van der Waals surface area contributed by atoms with E-state index >= 15 is 0 Å². The molecule has 0 bridgehead atoms. The van der Waals surface area contributed by atoms with E-state index in [0.717, 1.165) is 24.7 Å². The summed E-state index contributed by atoms with van der Waals surface area (Å²) in [6.07, 6.45) is 2.16. The number of hydrogen-bond donors (Lipinski definition) is 1. The lowest BCUT2D eigenvalue weighted by molar-refractivity contribution is 0.286. The summed E-state index contributed by atoms with van der Waals surface area (Å²) in [4.78, 5) is 2.30. The molecule has 0 amide bonds. The van der Waals surface area contributed by atoms with Crippen LogP contribution in [-0.2, 0) is 6.54 Å². The molecule has 21 heavy (non-hydrogen) atoms. The number of benzene rings is 1. The molecule has 1 aliphatic heterocycles. The second-order valence-corrected chi connectivity index (χ2v) is 5.86. The van der Waals surface area contributed by atoms with Crippen molar-refractivity contribution in [2.75, 3.05) is 13.1 Å². The van der Waals surface area contributed by atoms with Crippen LogP contribution in [0.2, 0.25) is 0 Å². The van der Waals surface area contributed by atoms with E-state index in [9.17, 15) is 0 Å². The van der Waals surface area contributed by atoms with Gasteiger partial charge in [0.1, 0.15) is 0 Å². The van der Waals surface area contributed by atoms with E-state index in [2.05, 4.69) is 71.2 Å². The van der Waals surface area contributed by atoms with Crippen LogP contribution in [0, 0.1) is 6.92 Å². The quantitative estimate of drug-likeness (QED) is 0.861. The third kappa shape index (κ3) is 2.68. The molecule has 110 valence electrons. The molecule has 1 atom stereocenters. The molecule has 1 N–H and O–H groups in total. The maximum atomic E-state index is 5.58. The summed E-state index contributed by atoms with van der Waals surface area (Å²) < 4.78 is 2.33. The van der Waals surface area contributed by atoms with Gasteiger partial charge >= 0.3 is 0 Å². The molecule has 0 unspecified atom stereocenters. The number of nitrogens with one attached hydrogen (secondary N) is 1. The van der Waals surface area contributed by atoms with E-state index in [4.69, 9.17) is 12.2 Å². The Morgan fingerprint density at radius 1 is 1.24 bits per heavy atom. The first-order chi connectivity index (χ1) is 10.2. The number of nitrogens with zero attached hydrogens (tertiary/aromatic N) is 2. The van der Waals surface area contributed by atoms with Gasteiger partial charge < -0.3 is 14.8 Å². The van der Waals surface area contributed by atoms with Gasteiger partial charge in [0, 0.05) is 31.5 Å². The van der Waals surface area contributed by atoms with Crippen LogP contribution in [0.5, 0.6) is 0 Å². The number of fused-ring (bicyclic) bond motifs is 1. The molecule has 4 heteroatoms. The topological polar surface area (TPSA) is 20.2 Å². The van der Waals surface area contributed by atoms with E-state index in [-0.39, 0.29) is 6.04 Å². The number of rotatable bonds is 2. The van der Waals surface area contributed by atoms with Crippen molar-refractivity contribution in [2.24, 2.45) is 0 Å². The van der Waals surface area contributed by atoms with Gasteiger partial charge in [-0.05, 0) is 43.8 Å². The van der Waals surface area contributed by atoms with E-state index in [1.807, 2.05) is 0 Å². The Hall–Kier alpha value is -1.81. The predicted octanol–water partition coefficient (Wildman–Crippen LogP) is 3.10. The lowest BCUT2D eigenvalue weighted by Crippen LogP contribution is -2.47. The van der Waals surface area contributed by atoms with Crippen LogP contribution in [0.1, 0.15) is 29.8 Å². The second-order valence-electron chi connectivity index (χ2n) is 5.47. The molecule has 3 nitrogen and oxygen atoms in total. The molecular weight excluding hydrogens is 278 g/mol. The third-order valence-corrected chi connectivity index (χ3v) is 4.40. The summed E-state index contributed by atoms with van der Waals surface area (Å²) in [6.45, 7) is 6.98. The Bertz CT molecular complexity index is 630. The molecule has 2 heterocycles. The molecule has 0 saturated heterocycles. The minimum Gasteiger partial charge on any atom is -0.363 e. The molecule has 1 aromatic carbocycles. The molecule has 0 spiro atoms. The van der Waals surface area contributed by atoms with Gasteiger partial charge in [-0.25, -0.2) is 0 Å². The summed E-state index contributed by atoms with van der Waals surface area (Å²) in [6, 6.07) is 13.3. The smallest absolute Gasteiger partial charge is 0.169 e. The van der Waals surface area contributed by atoms with Crippen LogP contribution in [0.3, 0.4) is 0 Å². The van der Waals surface area contributed by atoms with Crippen LogP contribution in [0.15, 0.2) is 42.6 Å². The first-order valence-corrected chi connectivity index (χ1v) is 7.87. The van der Waals surface area contributed by atoms with Crippen molar-refractivity contribution in [3.63, 3.8) is 0 Å². The zero-order valence-electron chi connectivity index (χ0n) is 12.5. The SMILES string of the molecule is CCNC(=S)N1CCn2cccc2[C@@H]1c1ccc(C)cc1. The largest absolute Gasteiger partial charge is 0.363 e. The monoisotopic (exact) mass is 299 g/mol. The first kappa shape index (κ1) is 14.1. The highest BCUT2D eigenvalue weighted by Gasteiger charge is 2.30. The molecule has 2 aromatic rings. The zero-order valence-corrected chi connectivity index (χ0v) is 13.4. The van der Waals surface area contributed by atoms with Crippen molar-refractivity contribution in [3.8, 4) is 0 Å². The van der Waals surface area contributed by atoms with Gasteiger partial charge in [-0.3, -0.25) is 0 Å². The molecular formula is C17H21N3S. The van der Waals surface area contributed by atoms with Crippen LogP contribution < -0.4 is 5.32 Å². The number of aromatic nitrogens is 1. The van der Waals surface area contributed by atoms with Crippen molar-refractivity contribution in [1.29, 1.82) is 0 Å². The standard InChI is InChI=1S/C17H21N3S/c1-3-18-17(21)20-12-11-19-10-4-5-15(19)16(20)14-8-6-13(2)7-9-14/h4-10,16H,3,11-12H2,1-2H3,(H,18,21)/t16-/m0/s1. The van der Waals surface area contributed by atoms with E-state index in [0.29, 0.717) is 0 Å². The normalized spacial score (nSPS) is 17.4. The molecule has 0 radical (unpaired) electrons. The van der Waals surface area contributed by atoms with Crippen molar-refractivity contribution in [2.45, 2.75) is 26.4 Å². The van der Waals surface area contributed by atoms with E-state index < -0.39 is 0 Å². The summed E-state index contributed by atoms with van der Waals surface area (Å²) in [7, 11) is 0.